The summed E-state index contributed by atoms with van der Waals surface area (Å²) in [6, 6.07) is 11.3. The molecular weight excluding hydrogens is 222 g/mol. The molecule has 0 saturated carbocycles. The van der Waals surface area contributed by atoms with Gasteiger partial charge in [-0.2, -0.15) is 5.10 Å². The van der Waals surface area contributed by atoms with E-state index in [2.05, 4.69) is 61.5 Å². The van der Waals surface area contributed by atoms with Crippen LogP contribution < -0.4 is 5.32 Å². The van der Waals surface area contributed by atoms with Gasteiger partial charge in [0.25, 0.3) is 0 Å². The molecule has 1 aromatic carbocycles. The Morgan fingerprint density at radius 2 is 1.72 bits per heavy atom. The fraction of sp³-hybridized carbons (Fsp3) is 0.400. The second-order valence-electron chi connectivity index (χ2n) is 4.90. The Bertz CT molecular complexity index is 499. The van der Waals surface area contributed by atoms with Crippen molar-refractivity contribution in [3.63, 3.8) is 0 Å². The van der Waals surface area contributed by atoms with Crippen LogP contribution in [0.2, 0.25) is 0 Å². The van der Waals surface area contributed by atoms with Gasteiger partial charge in [-0.3, -0.25) is 4.68 Å². The SMILES string of the molecule is Cc1ccc([C@@H](C)NC(C)c2ccnn2C)cc1. The molecular formula is C15H21N3. The van der Waals surface area contributed by atoms with E-state index in [0.717, 1.165) is 0 Å². The van der Waals surface area contributed by atoms with Crippen molar-refractivity contribution >= 4 is 0 Å². The van der Waals surface area contributed by atoms with Crippen LogP contribution >= 0.6 is 0 Å². The van der Waals surface area contributed by atoms with Gasteiger partial charge in [-0.05, 0) is 32.4 Å². The Balaban J connectivity index is 2.05. The zero-order valence-electron chi connectivity index (χ0n) is 11.5. The van der Waals surface area contributed by atoms with E-state index < -0.39 is 0 Å². The molecule has 0 aliphatic rings. The summed E-state index contributed by atoms with van der Waals surface area (Å²) in [5, 5.41) is 7.80. The molecule has 0 fully saturated rings. The molecule has 2 atom stereocenters. The lowest BCUT2D eigenvalue weighted by Crippen LogP contribution is -2.24. The standard InChI is InChI=1S/C15H21N3/c1-11-5-7-14(8-6-11)12(2)17-13(3)15-9-10-16-18(15)4/h5-10,12-13,17H,1-4H3/t12-,13?/m1/s1. The first kappa shape index (κ1) is 12.8. The number of aryl methyl sites for hydroxylation is 2. The third-order valence-corrected chi connectivity index (χ3v) is 3.38. The van der Waals surface area contributed by atoms with Crippen molar-refractivity contribution < 1.29 is 0 Å². The molecule has 3 heteroatoms. The summed E-state index contributed by atoms with van der Waals surface area (Å²) in [6.45, 7) is 6.47. The Morgan fingerprint density at radius 1 is 1.06 bits per heavy atom. The first-order valence-electron chi connectivity index (χ1n) is 6.38. The molecule has 2 rings (SSSR count). The predicted octanol–water partition coefficient (Wildman–Crippen LogP) is 3.14. The minimum absolute atomic E-state index is 0.286. The lowest BCUT2D eigenvalue weighted by Gasteiger charge is -2.20. The summed E-state index contributed by atoms with van der Waals surface area (Å²) in [5.41, 5.74) is 3.81. The molecule has 1 aromatic heterocycles. The first-order valence-corrected chi connectivity index (χ1v) is 6.38. The molecule has 0 saturated heterocycles. The minimum atomic E-state index is 0.286. The summed E-state index contributed by atoms with van der Waals surface area (Å²) in [6.07, 6.45) is 1.84. The number of hydrogen-bond donors (Lipinski definition) is 1. The molecule has 0 spiro atoms. The maximum atomic E-state index is 4.21. The van der Waals surface area contributed by atoms with E-state index in [9.17, 15) is 0 Å². The van der Waals surface area contributed by atoms with Crippen molar-refractivity contribution in [1.29, 1.82) is 0 Å². The quantitative estimate of drug-likeness (QED) is 0.894. The largest absolute Gasteiger partial charge is 0.302 e. The van der Waals surface area contributed by atoms with Crippen LogP contribution in [0.15, 0.2) is 36.5 Å². The Kier molecular flexibility index (Phi) is 3.82. The van der Waals surface area contributed by atoms with Crippen LogP contribution in [0.3, 0.4) is 0 Å². The highest BCUT2D eigenvalue weighted by atomic mass is 15.3. The van der Waals surface area contributed by atoms with Gasteiger partial charge in [0.2, 0.25) is 0 Å². The van der Waals surface area contributed by atoms with Crippen molar-refractivity contribution in [2.24, 2.45) is 7.05 Å². The molecule has 1 N–H and O–H groups in total. The van der Waals surface area contributed by atoms with Gasteiger partial charge in [-0.25, -0.2) is 0 Å². The molecule has 96 valence electrons. The summed E-state index contributed by atoms with van der Waals surface area (Å²) in [7, 11) is 1.98. The number of nitrogens with zero attached hydrogens (tertiary/aromatic N) is 2. The van der Waals surface area contributed by atoms with Gasteiger partial charge in [0.05, 0.1) is 5.69 Å². The van der Waals surface area contributed by atoms with Crippen LogP contribution in [0.25, 0.3) is 0 Å². The third-order valence-electron chi connectivity index (χ3n) is 3.38. The van der Waals surface area contributed by atoms with Crippen LogP contribution in [0, 0.1) is 6.92 Å². The lowest BCUT2D eigenvalue weighted by atomic mass is 10.1. The smallest absolute Gasteiger partial charge is 0.0547 e. The number of aromatic nitrogens is 2. The second-order valence-corrected chi connectivity index (χ2v) is 4.90. The molecule has 0 radical (unpaired) electrons. The van der Waals surface area contributed by atoms with Crippen molar-refractivity contribution in [1.82, 2.24) is 15.1 Å². The Hall–Kier alpha value is -1.61. The second kappa shape index (κ2) is 5.36. The van der Waals surface area contributed by atoms with Crippen LogP contribution in [-0.4, -0.2) is 9.78 Å². The summed E-state index contributed by atoms with van der Waals surface area (Å²) < 4.78 is 1.92. The Morgan fingerprint density at radius 3 is 2.28 bits per heavy atom. The van der Waals surface area contributed by atoms with Gasteiger partial charge in [0, 0.05) is 25.3 Å². The first-order chi connectivity index (χ1) is 8.58. The molecule has 3 nitrogen and oxygen atoms in total. The summed E-state index contributed by atoms with van der Waals surface area (Å²) in [4.78, 5) is 0. The maximum absolute atomic E-state index is 4.21. The maximum Gasteiger partial charge on any atom is 0.0547 e. The van der Waals surface area contributed by atoms with Gasteiger partial charge < -0.3 is 5.32 Å². The van der Waals surface area contributed by atoms with Crippen LogP contribution in [-0.2, 0) is 7.05 Å². The van der Waals surface area contributed by atoms with Gasteiger partial charge >= 0.3 is 0 Å². The van der Waals surface area contributed by atoms with Gasteiger partial charge in [-0.15, -0.1) is 0 Å². The van der Waals surface area contributed by atoms with Crippen molar-refractivity contribution in [3.05, 3.63) is 53.3 Å². The number of benzene rings is 1. The van der Waals surface area contributed by atoms with Crippen LogP contribution in [0.1, 0.15) is 42.8 Å². The highest BCUT2D eigenvalue weighted by molar-refractivity contribution is 5.24. The zero-order valence-corrected chi connectivity index (χ0v) is 11.5. The van der Waals surface area contributed by atoms with E-state index in [1.807, 2.05) is 17.9 Å². The van der Waals surface area contributed by atoms with E-state index in [0.29, 0.717) is 6.04 Å². The third kappa shape index (κ3) is 2.79. The summed E-state index contributed by atoms with van der Waals surface area (Å²) >= 11 is 0. The fourth-order valence-electron chi connectivity index (χ4n) is 2.22. The molecule has 0 aliphatic heterocycles. The number of hydrogen-bond acceptors (Lipinski definition) is 2. The lowest BCUT2D eigenvalue weighted by molar-refractivity contribution is 0.469. The van der Waals surface area contributed by atoms with E-state index in [1.165, 1.54) is 16.8 Å². The van der Waals surface area contributed by atoms with Crippen molar-refractivity contribution in [2.75, 3.05) is 0 Å². The minimum Gasteiger partial charge on any atom is -0.302 e. The highest BCUT2D eigenvalue weighted by Crippen LogP contribution is 2.19. The molecule has 2 aromatic rings. The molecule has 1 unspecified atom stereocenters. The topological polar surface area (TPSA) is 29.9 Å². The van der Waals surface area contributed by atoms with Crippen molar-refractivity contribution in [2.45, 2.75) is 32.9 Å². The highest BCUT2D eigenvalue weighted by Gasteiger charge is 2.13. The number of nitrogens with one attached hydrogen (secondary N) is 1. The predicted molar refractivity (Wildman–Crippen MR) is 74.4 cm³/mol. The normalized spacial score (nSPS) is 14.4. The molecule has 18 heavy (non-hydrogen) atoms. The van der Waals surface area contributed by atoms with Gasteiger partial charge in [0.1, 0.15) is 0 Å². The van der Waals surface area contributed by atoms with Crippen LogP contribution in [0.4, 0.5) is 0 Å². The van der Waals surface area contributed by atoms with E-state index in [-0.39, 0.29) is 6.04 Å². The van der Waals surface area contributed by atoms with E-state index in [1.54, 1.807) is 0 Å². The monoisotopic (exact) mass is 243 g/mol. The zero-order chi connectivity index (χ0) is 13.1. The average molecular weight is 243 g/mol. The average Bonchev–Trinajstić information content (AvgIpc) is 2.76. The van der Waals surface area contributed by atoms with E-state index >= 15 is 0 Å². The van der Waals surface area contributed by atoms with Crippen LogP contribution in [0.5, 0.6) is 0 Å². The van der Waals surface area contributed by atoms with Gasteiger partial charge in [-0.1, -0.05) is 29.8 Å². The molecule has 0 bridgehead atoms. The summed E-state index contributed by atoms with van der Waals surface area (Å²) in [5.74, 6) is 0. The van der Waals surface area contributed by atoms with Gasteiger partial charge in [0.15, 0.2) is 0 Å². The van der Waals surface area contributed by atoms with E-state index in [4.69, 9.17) is 0 Å². The Labute approximate surface area is 109 Å². The molecule has 0 aliphatic carbocycles. The fourth-order valence-corrected chi connectivity index (χ4v) is 2.22. The molecule has 0 amide bonds. The van der Waals surface area contributed by atoms with Crippen molar-refractivity contribution in [3.8, 4) is 0 Å². The number of rotatable bonds is 4. The molecule has 1 heterocycles.